The van der Waals surface area contributed by atoms with Gasteiger partial charge in [0.05, 0.1) is 7.11 Å². The van der Waals surface area contributed by atoms with Crippen molar-refractivity contribution in [3.05, 3.63) is 60.2 Å². The molecule has 132 valence electrons. The Morgan fingerprint density at radius 1 is 1.08 bits per heavy atom. The average Bonchev–Trinajstić information content (AvgIpc) is 2.67. The fourth-order valence-corrected chi connectivity index (χ4v) is 2.92. The average molecular weight is 357 g/mol. The summed E-state index contributed by atoms with van der Waals surface area (Å²) in [6.07, 6.45) is 0.870. The second-order valence-electron chi connectivity index (χ2n) is 5.63. The van der Waals surface area contributed by atoms with Gasteiger partial charge in [-0.2, -0.15) is 12.6 Å². The Kier molecular flexibility index (Phi) is 7.70. The van der Waals surface area contributed by atoms with Crippen LogP contribution in [0.5, 0.6) is 0 Å². The Bertz CT molecular complexity index is 703. The van der Waals surface area contributed by atoms with E-state index in [2.05, 4.69) is 17.9 Å². The molecule has 25 heavy (non-hydrogen) atoms. The topological polar surface area (TPSA) is 55.4 Å². The highest BCUT2D eigenvalue weighted by Crippen LogP contribution is 2.24. The molecule has 0 radical (unpaired) electrons. The van der Waals surface area contributed by atoms with Crippen molar-refractivity contribution in [1.29, 1.82) is 0 Å². The maximum atomic E-state index is 12.6. The zero-order chi connectivity index (χ0) is 18.1. The van der Waals surface area contributed by atoms with Crippen LogP contribution in [-0.2, 0) is 9.53 Å². The van der Waals surface area contributed by atoms with Gasteiger partial charge in [-0.15, -0.1) is 0 Å². The first-order valence-electron chi connectivity index (χ1n) is 8.27. The highest BCUT2D eigenvalue weighted by molar-refractivity contribution is 7.80. The number of Topliss-reactive ketones (excluding diaryl/α,β-unsaturated/α-hetero) is 1. The second-order valence-corrected chi connectivity index (χ2v) is 6.07. The van der Waals surface area contributed by atoms with Crippen LogP contribution in [0.1, 0.15) is 23.2 Å². The van der Waals surface area contributed by atoms with Gasteiger partial charge >= 0.3 is 5.97 Å². The van der Waals surface area contributed by atoms with Crippen molar-refractivity contribution in [2.24, 2.45) is 0 Å². The van der Waals surface area contributed by atoms with Gasteiger partial charge < -0.3 is 10.1 Å². The summed E-state index contributed by atoms with van der Waals surface area (Å²) >= 11 is 4.15. The van der Waals surface area contributed by atoms with E-state index in [-0.39, 0.29) is 11.8 Å². The number of benzene rings is 2. The molecule has 0 amide bonds. The third-order valence-corrected chi connectivity index (χ3v) is 4.22. The van der Waals surface area contributed by atoms with Gasteiger partial charge in [-0.3, -0.25) is 9.59 Å². The molecule has 2 rings (SSSR count). The van der Waals surface area contributed by atoms with Gasteiger partial charge in [0.2, 0.25) is 0 Å². The normalized spacial score (nSPS) is 11.8. The van der Waals surface area contributed by atoms with E-state index in [0.717, 1.165) is 11.1 Å². The molecule has 0 saturated carbocycles. The number of hydrogen-bond donors (Lipinski definition) is 2. The fourth-order valence-electron chi connectivity index (χ4n) is 2.66. The predicted molar refractivity (Wildman–Crippen MR) is 103 cm³/mol. The van der Waals surface area contributed by atoms with E-state index >= 15 is 0 Å². The quantitative estimate of drug-likeness (QED) is 0.410. The van der Waals surface area contributed by atoms with Gasteiger partial charge in [0.15, 0.2) is 5.78 Å². The minimum Gasteiger partial charge on any atom is -0.468 e. The molecular weight excluding hydrogens is 334 g/mol. The zero-order valence-electron chi connectivity index (χ0n) is 14.3. The monoisotopic (exact) mass is 357 g/mol. The Hall–Kier alpha value is -2.11. The van der Waals surface area contributed by atoms with Crippen LogP contribution in [0.4, 0.5) is 0 Å². The lowest BCUT2D eigenvalue weighted by molar-refractivity contribution is -0.143. The molecule has 0 saturated heterocycles. The predicted octanol–water partition coefficient (Wildman–Crippen LogP) is 3.38. The summed E-state index contributed by atoms with van der Waals surface area (Å²) in [5.74, 6) is 0.282. The number of carbonyl (C=O) groups excluding carboxylic acids is 2. The van der Waals surface area contributed by atoms with Gasteiger partial charge in [-0.25, -0.2) is 0 Å². The molecule has 2 aromatic carbocycles. The number of nitrogens with one attached hydrogen (secondary N) is 1. The van der Waals surface area contributed by atoms with Crippen LogP contribution in [0.15, 0.2) is 54.6 Å². The molecule has 0 aliphatic heterocycles. The molecule has 1 atom stereocenters. The first-order valence-corrected chi connectivity index (χ1v) is 8.90. The van der Waals surface area contributed by atoms with Crippen molar-refractivity contribution in [3.63, 3.8) is 0 Å². The smallest absolute Gasteiger partial charge is 0.322 e. The number of rotatable bonds is 9. The standard InChI is InChI=1S/C20H23NO3S/c1-24-20(23)18(12-14-25)21-13-11-19(22)17-10-6-5-9-16(17)15-7-3-2-4-8-15/h2-10,18,21,25H,11-14H2,1H3/t18-/m0/s1. The Labute approximate surface area is 154 Å². The molecule has 0 aliphatic carbocycles. The summed E-state index contributed by atoms with van der Waals surface area (Å²) < 4.78 is 4.76. The lowest BCUT2D eigenvalue weighted by Crippen LogP contribution is -2.39. The molecule has 0 unspecified atom stereocenters. The summed E-state index contributed by atoms with van der Waals surface area (Å²) in [5.41, 5.74) is 2.63. The number of methoxy groups -OCH3 is 1. The minimum absolute atomic E-state index is 0.0430. The van der Waals surface area contributed by atoms with Crippen molar-refractivity contribution < 1.29 is 14.3 Å². The van der Waals surface area contributed by atoms with Crippen molar-refractivity contribution in [2.45, 2.75) is 18.9 Å². The van der Waals surface area contributed by atoms with Crippen LogP contribution in [0.25, 0.3) is 11.1 Å². The Morgan fingerprint density at radius 3 is 2.44 bits per heavy atom. The first-order chi connectivity index (χ1) is 12.2. The Morgan fingerprint density at radius 2 is 1.76 bits per heavy atom. The van der Waals surface area contributed by atoms with Crippen molar-refractivity contribution in [3.8, 4) is 11.1 Å². The second kappa shape index (κ2) is 10.0. The highest BCUT2D eigenvalue weighted by atomic mass is 32.1. The molecule has 4 nitrogen and oxygen atoms in total. The maximum absolute atomic E-state index is 12.6. The van der Waals surface area contributed by atoms with Gasteiger partial charge in [0, 0.05) is 18.5 Å². The number of thiol groups is 1. The molecule has 2 aromatic rings. The molecule has 0 aliphatic rings. The van der Waals surface area contributed by atoms with Crippen molar-refractivity contribution in [2.75, 3.05) is 19.4 Å². The largest absolute Gasteiger partial charge is 0.468 e. The molecule has 0 fully saturated rings. The van der Waals surface area contributed by atoms with E-state index in [4.69, 9.17) is 4.74 Å². The van der Waals surface area contributed by atoms with Crippen LogP contribution in [0.2, 0.25) is 0 Å². The molecular formula is C20H23NO3S. The minimum atomic E-state index is -0.431. The lowest BCUT2D eigenvalue weighted by atomic mass is 9.96. The van der Waals surface area contributed by atoms with Crippen LogP contribution in [0.3, 0.4) is 0 Å². The Balaban J connectivity index is 2.03. The number of ketones is 1. The highest BCUT2D eigenvalue weighted by Gasteiger charge is 2.18. The zero-order valence-corrected chi connectivity index (χ0v) is 15.2. The van der Waals surface area contributed by atoms with Gasteiger partial charge in [0.1, 0.15) is 6.04 Å². The first kappa shape index (κ1) is 19.2. The molecule has 0 spiro atoms. The summed E-state index contributed by atoms with van der Waals surface area (Å²) in [5, 5.41) is 3.09. The van der Waals surface area contributed by atoms with E-state index in [0.29, 0.717) is 30.7 Å². The summed E-state index contributed by atoms with van der Waals surface area (Å²) in [4.78, 5) is 24.3. The maximum Gasteiger partial charge on any atom is 0.322 e. The summed E-state index contributed by atoms with van der Waals surface area (Å²) in [6.45, 7) is 0.412. The molecule has 0 heterocycles. The van der Waals surface area contributed by atoms with Gasteiger partial charge in [-0.05, 0) is 23.3 Å². The van der Waals surface area contributed by atoms with Crippen LogP contribution in [-0.4, -0.2) is 37.2 Å². The van der Waals surface area contributed by atoms with E-state index in [9.17, 15) is 9.59 Å². The lowest BCUT2D eigenvalue weighted by Gasteiger charge is -2.15. The third-order valence-electron chi connectivity index (χ3n) is 3.96. The van der Waals surface area contributed by atoms with Crippen LogP contribution in [0, 0.1) is 0 Å². The molecule has 0 bridgehead atoms. The van der Waals surface area contributed by atoms with Crippen LogP contribution >= 0.6 is 12.6 Å². The SMILES string of the molecule is COC(=O)[C@H](CCS)NCCC(=O)c1ccccc1-c1ccccc1. The van der Waals surface area contributed by atoms with Crippen LogP contribution < -0.4 is 5.32 Å². The van der Waals surface area contributed by atoms with Gasteiger partial charge in [0.25, 0.3) is 0 Å². The third kappa shape index (κ3) is 5.44. The number of carbonyl (C=O) groups is 2. The van der Waals surface area contributed by atoms with E-state index in [1.54, 1.807) is 0 Å². The van der Waals surface area contributed by atoms with Crippen molar-refractivity contribution in [1.82, 2.24) is 5.32 Å². The summed E-state index contributed by atoms with van der Waals surface area (Å²) in [6, 6.07) is 17.0. The van der Waals surface area contributed by atoms with Gasteiger partial charge in [-0.1, -0.05) is 54.6 Å². The molecule has 1 N–H and O–H groups in total. The fraction of sp³-hybridized carbons (Fsp3) is 0.300. The molecule has 5 heteroatoms. The number of esters is 1. The molecule has 0 aromatic heterocycles. The van der Waals surface area contributed by atoms with E-state index < -0.39 is 6.04 Å². The summed E-state index contributed by atoms with van der Waals surface area (Å²) in [7, 11) is 1.36. The van der Waals surface area contributed by atoms with E-state index in [1.165, 1.54) is 7.11 Å². The number of hydrogen-bond acceptors (Lipinski definition) is 5. The van der Waals surface area contributed by atoms with Crippen molar-refractivity contribution >= 4 is 24.4 Å². The van der Waals surface area contributed by atoms with E-state index in [1.807, 2.05) is 54.6 Å². The number of ether oxygens (including phenoxy) is 1.